The highest BCUT2D eigenvalue weighted by molar-refractivity contribution is 5.96. The van der Waals surface area contributed by atoms with Crippen molar-refractivity contribution in [3.8, 4) is 0 Å². The quantitative estimate of drug-likeness (QED) is 0.260. The Balaban J connectivity index is 1.72. The molecule has 0 bridgehead atoms. The van der Waals surface area contributed by atoms with Gasteiger partial charge in [0.2, 0.25) is 0 Å². The van der Waals surface area contributed by atoms with Crippen LogP contribution in [0.4, 0.5) is 23.7 Å². The Morgan fingerprint density at radius 3 is 2.60 bits per heavy atom. The highest BCUT2D eigenvalue weighted by Crippen LogP contribution is 2.34. The van der Waals surface area contributed by atoms with Gasteiger partial charge in [0.05, 0.1) is 5.69 Å². The van der Waals surface area contributed by atoms with Crippen LogP contribution in [0, 0.1) is 0 Å². The van der Waals surface area contributed by atoms with Crippen LogP contribution in [0.5, 0.6) is 0 Å². The van der Waals surface area contributed by atoms with Crippen molar-refractivity contribution in [2.45, 2.75) is 31.7 Å². The van der Waals surface area contributed by atoms with Gasteiger partial charge in [-0.2, -0.15) is 13.2 Å². The third-order valence-electron chi connectivity index (χ3n) is 4.66. The lowest BCUT2D eigenvalue weighted by atomic mass is 10.1. The summed E-state index contributed by atoms with van der Waals surface area (Å²) in [5.41, 5.74) is 12.7. The number of hydrogen-bond donors (Lipinski definition) is 5. The lowest BCUT2D eigenvalue weighted by Crippen LogP contribution is -2.51. The first kappa shape index (κ1) is 21.5. The van der Waals surface area contributed by atoms with E-state index in [4.69, 9.17) is 11.5 Å². The molecular weight excluding hydrogens is 399 g/mol. The van der Waals surface area contributed by atoms with Crippen molar-refractivity contribution in [3.63, 3.8) is 0 Å². The highest BCUT2D eigenvalue weighted by atomic mass is 19.4. The van der Waals surface area contributed by atoms with Gasteiger partial charge in [0, 0.05) is 24.0 Å². The summed E-state index contributed by atoms with van der Waals surface area (Å²) in [6, 6.07) is 3.51. The second-order valence-electron chi connectivity index (χ2n) is 7.03. The van der Waals surface area contributed by atoms with Gasteiger partial charge in [0.25, 0.3) is 0 Å². The molecule has 0 radical (unpaired) electrons. The number of amides is 2. The van der Waals surface area contributed by atoms with Gasteiger partial charge in [-0.1, -0.05) is 12.1 Å². The molecule has 2 aliphatic heterocycles. The SMILES string of the molecule is CC1=CC2=CN(c3ccc(C(NCCCN=C(N)N)C(F)(F)F)cc3)C(=O)NC2N1. The summed E-state index contributed by atoms with van der Waals surface area (Å²) >= 11 is 0. The number of allylic oxidation sites excluding steroid dienone is 1. The van der Waals surface area contributed by atoms with Crippen LogP contribution in [0.1, 0.15) is 24.9 Å². The molecule has 2 aliphatic rings. The number of anilines is 1. The van der Waals surface area contributed by atoms with E-state index in [9.17, 15) is 18.0 Å². The number of nitrogens with one attached hydrogen (secondary N) is 3. The van der Waals surface area contributed by atoms with Gasteiger partial charge in [-0.05, 0) is 43.7 Å². The molecule has 3 rings (SSSR count). The summed E-state index contributed by atoms with van der Waals surface area (Å²) in [5.74, 6) is -0.0972. The number of alkyl halides is 3. The summed E-state index contributed by atoms with van der Waals surface area (Å²) in [6.45, 7) is 2.21. The van der Waals surface area contributed by atoms with Crippen molar-refractivity contribution >= 4 is 17.7 Å². The van der Waals surface area contributed by atoms with Crippen LogP contribution in [0.3, 0.4) is 0 Å². The summed E-state index contributed by atoms with van der Waals surface area (Å²) in [6.07, 6.45) is -0.840. The van der Waals surface area contributed by atoms with Crippen molar-refractivity contribution in [3.05, 3.63) is 53.4 Å². The first-order valence-electron chi connectivity index (χ1n) is 9.37. The van der Waals surface area contributed by atoms with Gasteiger partial charge in [0.15, 0.2) is 5.96 Å². The number of halogens is 3. The molecule has 11 heteroatoms. The summed E-state index contributed by atoms with van der Waals surface area (Å²) in [5, 5.41) is 8.41. The van der Waals surface area contributed by atoms with Crippen LogP contribution in [0.2, 0.25) is 0 Å². The van der Waals surface area contributed by atoms with Crippen LogP contribution in [-0.4, -0.2) is 37.4 Å². The third-order valence-corrected chi connectivity index (χ3v) is 4.66. The van der Waals surface area contributed by atoms with Gasteiger partial charge in [0.1, 0.15) is 12.2 Å². The monoisotopic (exact) mass is 423 g/mol. The first-order valence-corrected chi connectivity index (χ1v) is 9.37. The van der Waals surface area contributed by atoms with Crippen LogP contribution in [-0.2, 0) is 0 Å². The summed E-state index contributed by atoms with van der Waals surface area (Å²) < 4.78 is 40.5. The molecular formula is C19H24F3N7O. The second-order valence-corrected chi connectivity index (χ2v) is 7.03. The normalized spacial score (nSPS) is 19.3. The predicted octanol–water partition coefficient (Wildman–Crippen LogP) is 1.79. The number of carbonyl (C=O) groups is 1. The Bertz CT molecular complexity index is 873. The largest absolute Gasteiger partial charge is 0.407 e. The molecule has 0 spiro atoms. The van der Waals surface area contributed by atoms with Crippen LogP contribution < -0.4 is 32.3 Å². The Kier molecular flexibility index (Phi) is 6.20. The molecule has 2 amide bonds. The molecule has 2 atom stereocenters. The van der Waals surface area contributed by atoms with Crippen molar-refractivity contribution in [2.24, 2.45) is 16.5 Å². The van der Waals surface area contributed by atoms with E-state index >= 15 is 0 Å². The zero-order valence-electron chi connectivity index (χ0n) is 16.3. The van der Waals surface area contributed by atoms with Crippen LogP contribution in [0.25, 0.3) is 0 Å². The van der Waals surface area contributed by atoms with Crippen molar-refractivity contribution in [1.82, 2.24) is 16.0 Å². The zero-order valence-corrected chi connectivity index (χ0v) is 16.3. The van der Waals surface area contributed by atoms with Crippen molar-refractivity contribution in [1.29, 1.82) is 0 Å². The standard InChI is InChI=1S/C19H24F3N7O/c1-11-9-13-10-29(18(30)28-16(13)27-11)14-5-3-12(4-6-14)15(19(20,21)22)25-7-2-8-26-17(23)24/h3-6,9-10,15-16,25,27H,2,7-8H2,1H3,(H,28,30)(H4,23,24,26). The second kappa shape index (κ2) is 8.66. The van der Waals surface area contributed by atoms with E-state index in [1.54, 1.807) is 6.20 Å². The maximum absolute atomic E-state index is 13.5. The maximum atomic E-state index is 13.5. The molecule has 0 aliphatic carbocycles. The fraction of sp³-hybridized carbons (Fsp3) is 0.368. The number of rotatable bonds is 7. The van der Waals surface area contributed by atoms with Crippen molar-refractivity contribution in [2.75, 3.05) is 18.0 Å². The molecule has 7 N–H and O–H groups in total. The van der Waals surface area contributed by atoms with E-state index in [0.717, 1.165) is 11.3 Å². The van der Waals surface area contributed by atoms with E-state index in [2.05, 4.69) is 20.9 Å². The minimum atomic E-state index is -4.48. The van der Waals surface area contributed by atoms with E-state index in [1.165, 1.54) is 29.2 Å². The highest BCUT2D eigenvalue weighted by Gasteiger charge is 2.40. The van der Waals surface area contributed by atoms with Gasteiger partial charge < -0.3 is 27.4 Å². The van der Waals surface area contributed by atoms with Gasteiger partial charge in [-0.25, -0.2) is 4.79 Å². The molecule has 0 aromatic heterocycles. The van der Waals surface area contributed by atoms with E-state index in [0.29, 0.717) is 12.1 Å². The number of carbonyl (C=O) groups excluding carboxylic acids is 1. The number of aliphatic imine (C=N–C) groups is 1. The Labute approximate surface area is 171 Å². The number of fused-ring (bicyclic) bond motifs is 1. The predicted molar refractivity (Wildman–Crippen MR) is 108 cm³/mol. The first-order chi connectivity index (χ1) is 14.1. The Morgan fingerprint density at radius 2 is 1.97 bits per heavy atom. The molecule has 1 aromatic rings. The fourth-order valence-electron chi connectivity index (χ4n) is 3.29. The minimum Gasteiger partial charge on any atom is -0.370 e. The number of hydrogen-bond acceptors (Lipinski definition) is 4. The van der Waals surface area contributed by atoms with E-state index in [1.807, 2.05) is 13.0 Å². The number of nitrogens with two attached hydrogens (primary N) is 2. The molecule has 2 unspecified atom stereocenters. The smallest absolute Gasteiger partial charge is 0.370 e. The minimum absolute atomic E-state index is 0.0503. The van der Waals surface area contributed by atoms with Gasteiger partial charge in [-0.3, -0.25) is 9.89 Å². The summed E-state index contributed by atoms with van der Waals surface area (Å²) in [4.78, 5) is 17.5. The number of urea groups is 1. The third kappa shape index (κ3) is 5.03. The van der Waals surface area contributed by atoms with Gasteiger partial charge in [-0.15, -0.1) is 0 Å². The Hall–Kier alpha value is -3.21. The Morgan fingerprint density at radius 1 is 1.27 bits per heavy atom. The zero-order chi connectivity index (χ0) is 21.9. The number of benzene rings is 1. The average molecular weight is 423 g/mol. The van der Waals surface area contributed by atoms with Crippen LogP contribution in [0.15, 0.2) is 52.8 Å². The lowest BCUT2D eigenvalue weighted by Gasteiger charge is -2.29. The molecule has 30 heavy (non-hydrogen) atoms. The van der Waals surface area contributed by atoms with Gasteiger partial charge >= 0.3 is 12.2 Å². The molecule has 162 valence electrons. The molecule has 0 saturated carbocycles. The van der Waals surface area contributed by atoms with E-state index < -0.39 is 12.2 Å². The summed E-state index contributed by atoms with van der Waals surface area (Å²) in [7, 11) is 0. The molecule has 2 heterocycles. The maximum Gasteiger partial charge on any atom is 0.407 e. The van der Waals surface area contributed by atoms with Crippen molar-refractivity contribution < 1.29 is 18.0 Å². The van der Waals surface area contributed by atoms with E-state index in [-0.39, 0.29) is 36.8 Å². The molecule has 0 saturated heterocycles. The number of nitrogens with zero attached hydrogens (tertiary/aromatic N) is 2. The number of guanidine groups is 1. The fourth-order valence-corrected chi connectivity index (χ4v) is 3.29. The molecule has 0 fully saturated rings. The molecule has 1 aromatic carbocycles. The average Bonchev–Trinajstić information content (AvgIpc) is 3.02. The lowest BCUT2D eigenvalue weighted by molar-refractivity contribution is -0.157. The van der Waals surface area contributed by atoms with Crippen LogP contribution >= 0.6 is 0 Å². The molecule has 8 nitrogen and oxygen atoms in total. The topological polar surface area (TPSA) is 121 Å².